The smallest absolute Gasteiger partial charge is 0.254 e. The lowest BCUT2D eigenvalue weighted by molar-refractivity contribution is -0.118. The fraction of sp³-hybridized carbons (Fsp3) is 0.320. The number of nitrogens with one attached hydrogen (secondary N) is 3. The predicted octanol–water partition coefficient (Wildman–Crippen LogP) is 4.16. The van der Waals surface area contributed by atoms with Crippen molar-refractivity contribution in [1.29, 1.82) is 0 Å². The maximum absolute atomic E-state index is 12.7. The molecule has 7 heteroatoms. The summed E-state index contributed by atoms with van der Waals surface area (Å²) in [5, 5.41) is 9.44. The van der Waals surface area contributed by atoms with E-state index in [2.05, 4.69) is 34.4 Å². The molecule has 1 aliphatic heterocycles. The van der Waals surface area contributed by atoms with E-state index in [1.165, 1.54) is 0 Å². The molecule has 0 saturated carbocycles. The number of carbonyl (C=O) groups is 3. The highest BCUT2D eigenvalue weighted by molar-refractivity contribution is 6.10. The Balaban J connectivity index is 1.40. The molecule has 3 aromatic rings. The van der Waals surface area contributed by atoms with E-state index in [0.717, 1.165) is 29.6 Å². The van der Waals surface area contributed by atoms with Gasteiger partial charge in [-0.05, 0) is 49.1 Å². The Hall–Kier alpha value is -3.61. The second-order valence-electron chi connectivity index (χ2n) is 8.58. The third-order valence-corrected chi connectivity index (χ3v) is 5.75. The van der Waals surface area contributed by atoms with Gasteiger partial charge in [0.1, 0.15) is 6.04 Å². The predicted molar refractivity (Wildman–Crippen MR) is 126 cm³/mol. The average Bonchev–Trinajstić information content (AvgIpc) is 3.14. The second-order valence-corrected chi connectivity index (χ2v) is 8.58. The van der Waals surface area contributed by atoms with Gasteiger partial charge in [0.05, 0.1) is 22.5 Å². The summed E-state index contributed by atoms with van der Waals surface area (Å²) in [6, 6.07) is 14.0. The monoisotopic (exact) mass is 432 g/mol. The number of hydrogen-bond acceptors (Lipinski definition) is 3. The van der Waals surface area contributed by atoms with Gasteiger partial charge in [-0.1, -0.05) is 32.0 Å². The number of fused-ring (bicyclic) bond motifs is 2. The van der Waals surface area contributed by atoms with E-state index in [4.69, 9.17) is 0 Å². The van der Waals surface area contributed by atoms with Crippen LogP contribution in [0.15, 0.2) is 54.7 Å². The zero-order valence-electron chi connectivity index (χ0n) is 18.4. The zero-order chi connectivity index (χ0) is 22.7. The van der Waals surface area contributed by atoms with Gasteiger partial charge in [0.25, 0.3) is 5.91 Å². The molecule has 3 N–H and O–H groups in total. The van der Waals surface area contributed by atoms with Crippen LogP contribution in [0.4, 0.5) is 11.4 Å². The molecule has 0 bridgehead atoms. The van der Waals surface area contributed by atoms with Crippen molar-refractivity contribution in [2.45, 2.75) is 45.7 Å². The first-order chi connectivity index (χ1) is 15.4. The Morgan fingerprint density at radius 1 is 1.09 bits per heavy atom. The van der Waals surface area contributed by atoms with Gasteiger partial charge >= 0.3 is 0 Å². The molecule has 3 amide bonds. The van der Waals surface area contributed by atoms with Gasteiger partial charge in [-0.25, -0.2) is 0 Å². The quantitative estimate of drug-likeness (QED) is 0.524. The van der Waals surface area contributed by atoms with Crippen LogP contribution in [0.25, 0.3) is 10.9 Å². The number of aromatic nitrogens is 1. The lowest BCUT2D eigenvalue weighted by Crippen LogP contribution is -2.41. The molecule has 0 spiro atoms. The molecule has 2 aromatic carbocycles. The van der Waals surface area contributed by atoms with Crippen molar-refractivity contribution in [2.75, 3.05) is 10.6 Å². The van der Waals surface area contributed by atoms with Crippen LogP contribution in [-0.4, -0.2) is 28.3 Å². The number of aryl methyl sites for hydroxylation is 1. The number of anilines is 2. The van der Waals surface area contributed by atoms with Crippen LogP contribution in [-0.2, 0) is 16.1 Å². The number of nitrogens with zero attached hydrogens (tertiary/aromatic N) is 1. The molecule has 0 radical (unpaired) electrons. The van der Waals surface area contributed by atoms with Crippen LogP contribution < -0.4 is 16.0 Å². The summed E-state index contributed by atoms with van der Waals surface area (Å²) >= 11 is 0. The standard InChI is InChI=1S/C25H28N4O3/c1-16(2)12-14-29-15-13-17-19(8-5-9-22(17)29)26-23(30)11-10-21-25(32)27-20-7-4-3-6-18(20)24(31)28-21/h3-9,13,15-16,21H,10-12,14H2,1-2H3,(H,26,30)(H,27,32)(H,28,31)/t21-/m1/s1. The van der Waals surface area contributed by atoms with Crippen molar-refractivity contribution in [3.63, 3.8) is 0 Å². The maximum atomic E-state index is 12.7. The van der Waals surface area contributed by atoms with Crippen LogP contribution in [0, 0.1) is 5.92 Å². The number of para-hydroxylation sites is 1. The molecule has 4 rings (SSSR count). The minimum atomic E-state index is -0.770. The van der Waals surface area contributed by atoms with Gasteiger partial charge in [0.15, 0.2) is 0 Å². The Morgan fingerprint density at radius 2 is 1.91 bits per heavy atom. The fourth-order valence-electron chi connectivity index (χ4n) is 3.93. The summed E-state index contributed by atoms with van der Waals surface area (Å²) < 4.78 is 2.20. The number of carbonyl (C=O) groups excluding carboxylic acids is 3. The first kappa shape index (κ1) is 21.6. The van der Waals surface area contributed by atoms with Gasteiger partial charge in [0.2, 0.25) is 11.8 Å². The molecular weight excluding hydrogens is 404 g/mol. The van der Waals surface area contributed by atoms with Crippen LogP contribution in [0.2, 0.25) is 0 Å². The summed E-state index contributed by atoms with van der Waals surface area (Å²) in [6.07, 6.45) is 3.45. The topological polar surface area (TPSA) is 92.2 Å². The highest BCUT2D eigenvalue weighted by Gasteiger charge is 2.27. The maximum Gasteiger partial charge on any atom is 0.254 e. The molecule has 1 aliphatic rings. The van der Waals surface area contributed by atoms with Gasteiger partial charge in [-0.15, -0.1) is 0 Å². The van der Waals surface area contributed by atoms with Crippen molar-refractivity contribution >= 4 is 40.0 Å². The highest BCUT2D eigenvalue weighted by Crippen LogP contribution is 2.26. The lowest BCUT2D eigenvalue weighted by Gasteiger charge is -2.14. The molecule has 32 heavy (non-hydrogen) atoms. The van der Waals surface area contributed by atoms with Gasteiger partial charge in [0, 0.05) is 24.5 Å². The van der Waals surface area contributed by atoms with E-state index in [1.54, 1.807) is 24.3 Å². The van der Waals surface area contributed by atoms with E-state index in [-0.39, 0.29) is 30.6 Å². The third kappa shape index (κ3) is 4.66. The van der Waals surface area contributed by atoms with Gasteiger partial charge in [-0.3, -0.25) is 14.4 Å². The summed E-state index contributed by atoms with van der Waals surface area (Å²) in [4.78, 5) is 37.6. The summed E-state index contributed by atoms with van der Waals surface area (Å²) in [5.41, 5.74) is 2.73. The summed E-state index contributed by atoms with van der Waals surface area (Å²) in [6.45, 7) is 5.33. The number of rotatable bonds is 7. The zero-order valence-corrected chi connectivity index (χ0v) is 18.4. The van der Waals surface area contributed by atoms with Crippen LogP contribution in [0.1, 0.15) is 43.5 Å². The Bertz CT molecular complexity index is 1160. The molecule has 2 heterocycles. The van der Waals surface area contributed by atoms with E-state index in [1.807, 2.05) is 30.5 Å². The fourth-order valence-corrected chi connectivity index (χ4v) is 3.93. The van der Waals surface area contributed by atoms with Crippen molar-refractivity contribution in [1.82, 2.24) is 9.88 Å². The Morgan fingerprint density at radius 3 is 2.72 bits per heavy atom. The number of hydrogen-bond donors (Lipinski definition) is 3. The van der Waals surface area contributed by atoms with Crippen molar-refractivity contribution in [2.24, 2.45) is 5.92 Å². The SMILES string of the molecule is CC(C)CCn1ccc2c(NC(=O)CC[C@H]3NC(=O)c4ccccc4NC3=O)cccc21. The molecule has 0 fully saturated rings. The molecule has 0 saturated heterocycles. The molecule has 166 valence electrons. The van der Waals surface area contributed by atoms with Gasteiger partial charge in [-0.2, -0.15) is 0 Å². The van der Waals surface area contributed by atoms with Crippen LogP contribution >= 0.6 is 0 Å². The van der Waals surface area contributed by atoms with E-state index >= 15 is 0 Å². The molecule has 7 nitrogen and oxygen atoms in total. The van der Waals surface area contributed by atoms with Crippen LogP contribution in [0.3, 0.4) is 0 Å². The molecular formula is C25H28N4O3. The molecule has 0 aliphatic carbocycles. The van der Waals surface area contributed by atoms with E-state index in [0.29, 0.717) is 17.2 Å². The minimum absolute atomic E-state index is 0.110. The second kappa shape index (κ2) is 9.26. The third-order valence-electron chi connectivity index (χ3n) is 5.75. The first-order valence-electron chi connectivity index (χ1n) is 11.0. The van der Waals surface area contributed by atoms with Crippen molar-refractivity contribution in [3.05, 3.63) is 60.3 Å². The summed E-state index contributed by atoms with van der Waals surface area (Å²) in [5.74, 6) is -0.224. The average molecular weight is 433 g/mol. The van der Waals surface area contributed by atoms with E-state index in [9.17, 15) is 14.4 Å². The normalized spacial score (nSPS) is 15.8. The van der Waals surface area contributed by atoms with Crippen molar-refractivity contribution in [3.8, 4) is 0 Å². The minimum Gasteiger partial charge on any atom is -0.347 e. The first-order valence-corrected chi connectivity index (χ1v) is 11.0. The highest BCUT2D eigenvalue weighted by atomic mass is 16.2. The van der Waals surface area contributed by atoms with Crippen molar-refractivity contribution < 1.29 is 14.4 Å². The lowest BCUT2D eigenvalue weighted by atomic mass is 10.1. The number of amides is 3. The van der Waals surface area contributed by atoms with Gasteiger partial charge < -0.3 is 20.5 Å². The Labute approximate surface area is 187 Å². The summed E-state index contributed by atoms with van der Waals surface area (Å²) in [7, 11) is 0. The largest absolute Gasteiger partial charge is 0.347 e. The molecule has 1 atom stereocenters. The number of benzene rings is 2. The molecule has 0 unspecified atom stereocenters. The Kier molecular flexibility index (Phi) is 6.25. The van der Waals surface area contributed by atoms with E-state index < -0.39 is 6.04 Å². The van der Waals surface area contributed by atoms with Crippen LogP contribution in [0.5, 0.6) is 0 Å². The molecule has 1 aromatic heterocycles.